The van der Waals surface area contributed by atoms with Crippen LogP contribution in [0.2, 0.25) is 0 Å². The van der Waals surface area contributed by atoms with Gasteiger partial charge >= 0.3 is 12.1 Å². The number of hydrogen-bond acceptors (Lipinski definition) is 5. The number of aldehydes is 1. The topological polar surface area (TPSA) is 52.6 Å². The molecule has 0 saturated carbocycles. The van der Waals surface area contributed by atoms with E-state index in [2.05, 4.69) is 0 Å². The van der Waals surface area contributed by atoms with E-state index in [1.165, 1.54) is 30.4 Å². The van der Waals surface area contributed by atoms with Crippen molar-refractivity contribution < 1.29 is 32.2 Å². The van der Waals surface area contributed by atoms with Crippen molar-refractivity contribution in [2.24, 2.45) is 0 Å². The lowest BCUT2D eigenvalue weighted by Crippen LogP contribution is -2.06. The van der Waals surface area contributed by atoms with E-state index in [0.717, 1.165) is 23.1 Å². The Morgan fingerprint density at radius 3 is 2.43 bits per heavy atom. The average Bonchev–Trinajstić information content (AvgIpc) is 3.08. The fraction of sp³-hybridized carbons (Fsp3) is 0.200. The first-order valence-corrected chi connectivity index (χ1v) is 9.02. The van der Waals surface area contributed by atoms with Crippen LogP contribution in [0.4, 0.5) is 13.2 Å². The lowest BCUT2D eigenvalue weighted by Gasteiger charge is -2.14. The molecule has 0 N–H and O–H groups in total. The standard InChI is InChI=1S/C20H15F3O4S/c1-12(25)26-11-14-4-7-18-17(8-16(9-24)28-18)19(14)27-10-13-2-5-15(6-3-13)20(21,22)23/h2-9H,10-11H2,1H3. The molecule has 1 heterocycles. The van der Waals surface area contributed by atoms with Crippen molar-refractivity contribution in [1.29, 1.82) is 0 Å². The van der Waals surface area contributed by atoms with Crippen LogP contribution in [0.25, 0.3) is 10.1 Å². The van der Waals surface area contributed by atoms with Crippen LogP contribution in [0.1, 0.15) is 33.3 Å². The van der Waals surface area contributed by atoms with Gasteiger partial charge in [-0.2, -0.15) is 13.2 Å². The van der Waals surface area contributed by atoms with E-state index in [-0.39, 0.29) is 13.2 Å². The van der Waals surface area contributed by atoms with Crippen LogP contribution < -0.4 is 4.74 Å². The highest BCUT2D eigenvalue weighted by Gasteiger charge is 2.29. The number of carbonyl (C=O) groups is 2. The molecule has 0 spiro atoms. The van der Waals surface area contributed by atoms with Crippen molar-refractivity contribution in [3.8, 4) is 5.75 Å². The van der Waals surface area contributed by atoms with E-state index in [1.54, 1.807) is 18.2 Å². The molecule has 0 bridgehead atoms. The van der Waals surface area contributed by atoms with Gasteiger partial charge in [-0.25, -0.2) is 0 Å². The first-order valence-electron chi connectivity index (χ1n) is 8.21. The van der Waals surface area contributed by atoms with Crippen LogP contribution in [0, 0.1) is 0 Å². The van der Waals surface area contributed by atoms with Gasteiger partial charge in [0.05, 0.1) is 10.4 Å². The Morgan fingerprint density at radius 1 is 1.11 bits per heavy atom. The zero-order chi connectivity index (χ0) is 20.3. The van der Waals surface area contributed by atoms with Gasteiger partial charge in [0, 0.05) is 22.6 Å². The third kappa shape index (κ3) is 4.51. The van der Waals surface area contributed by atoms with Gasteiger partial charge in [0.25, 0.3) is 0 Å². The zero-order valence-corrected chi connectivity index (χ0v) is 15.5. The second-order valence-corrected chi connectivity index (χ2v) is 7.11. The predicted octanol–water partition coefficient (Wildman–Crippen LogP) is 5.37. The minimum absolute atomic E-state index is 0.0140. The lowest BCUT2D eigenvalue weighted by molar-refractivity contribution is -0.142. The average molecular weight is 408 g/mol. The number of hydrogen-bond donors (Lipinski definition) is 0. The van der Waals surface area contributed by atoms with Gasteiger partial charge in [-0.05, 0) is 29.8 Å². The van der Waals surface area contributed by atoms with Crippen molar-refractivity contribution in [2.75, 3.05) is 0 Å². The highest BCUT2D eigenvalue weighted by molar-refractivity contribution is 7.20. The Kier molecular flexibility index (Phi) is 5.69. The van der Waals surface area contributed by atoms with Crippen molar-refractivity contribution in [1.82, 2.24) is 0 Å². The molecule has 2 aromatic carbocycles. The summed E-state index contributed by atoms with van der Waals surface area (Å²) < 4.78 is 49.8. The second kappa shape index (κ2) is 8.02. The molecule has 0 radical (unpaired) electrons. The molecule has 0 aliphatic rings. The maximum Gasteiger partial charge on any atom is 0.416 e. The van der Waals surface area contributed by atoms with E-state index in [4.69, 9.17) is 9.47 Å². The Balaban J connectivity index is 1.88. The van der Waals surface area contributed by atoms with Crippen LogP contribution in [0.3, 0.4) is 0 Å². The molecule has 3 rings (SSSR count). The second-order valence-electron chi connectivity index (χ2n) is 6.00. The molecular formula is C20H15F3O4S. The summed E-state index contributed by atoms with van der Waals surface area (Å²) in [4.78, 5) is 22.7. The van der Waals surface area contributed by atoms with Gasteiger partial charge in [0.2, 0.25) is 0 Å². The molecule has 1 aromatic heterocycles. The summed E-state index contributed by atoms with van der Waals surface area (Å²) in [6, 6.07) is 9.89. The number of rotatable bonds is 6. The van der Waals surface area contributed by atoms with Crippen LogP contribution >= 0.6 is 11.3 Å². The van der Waals surface area contributed by atoms with Crippen LogP contribution in [0.15, 0.2) is 42.5 Å². The summed E-state index contributed by atoms with van der Waals surface area (Å²) in [7, 11) is 0. The van der Waals surface area contributed by atoms with Gasteiger partial charge in [-0.1, -0.05) is 18.2 Å². The molecule has 0 amide bonds. The minimum Gasteiger partial charge on any atom is -0.488 e. The lowest BCUT2D eigenvalue weighted by atomic mass is 10.1. The SMILES string of the molecule is CC(=O)OCc1ccc2sc(C=O)cc2c1OCc1ccc(C(F)(F)F)cc1. The fourth-order valence-electron chi connectivity index (χ4n) is 2.62. The van der Waals surface area contributed by atoms with Gasteiger partial charge in [0.15, 0.2) is 6.29 Å². The molecule has 0 aliphatic carbocycles. The maximum atomic E-state index is 12.7. The Labute approximate surface area is 162 Å². The summed E-state index contributed by atoms with van der Waals surface area (Å²) in [6.45, 7) is 1.30. The molecular weight excluding hydrogens is 393 g/mol. The number of carbonyl (C=O) groups excluding carboxylic acids is 2. The molecule has 4 nitrogen and oxygen atoms in total. The van der Waals surface area contributed by atoms with E-state index >= 15 is 0 Å². The van der Waals surface area contributed by atoms with E-state index < -0.39 is 17.7 Å². The molecule has 0 fully saturated rings. The van der Waals surface area contributed by atoms with Crippen molar-refractivity contribution in [2.45, 2.75) is 26.3 Å². The molecule has 0 unspecified atom stereocenters. The molecule has 3 aromatic rings. The van der Waals surface area contributed by atoms with Crippen molar-refractivity contribution in [3.05, 3.63) is 64.0 Å². The normalized spacial score (nSPS) is 11.4. The number of fused-ring (bicyclic) bond motifs is 1. The number of ether oxygens (including phenoxy) is 2. The number of halogens is 3. The van der Waals surface area contributed by atoms with E-state index in [0.29, 0.717) is 27.1 Å². The fourth-order valence-corrected chi connectivity index (χ4v) is 3.49. The highest BCUT2D eigenvalue weighted by Crippen LogP contribution is 2.36. The number of thiophene rings is 1. The summed E-state index contributed by atoms with van der Waals surface area (Å²) in [5.41, 5.74) is 0.418. The van der Waals surface area contributed by atoms with Gasteiger partial charge in [0.1, 0.15) is 19.0 Å². The first-order chi connectivity index (χ1) is 13.3. The Hall–Kier alpha value is -2.87. The van der Waals surface area contributed by atoms with Crippen LogP contribution in [0.5, 0.6) is 5.75 Å². The number of alkyl halides is 3. The van der Waals surface area contributed by atoms with E-state index in [1.807, 2.05) is 0 Å². The predicted molar refractivity (Wildman–Crippen MR) is 98.5 cm³/mol. The largest absolute Gasteiger partial charge is 0.488 e. The molecule has 8 heteroatoms. The van der Waals surface area contributed by atoms with Crippen LogP contribution in [-0.2, 0) is 28.9 Å². The summed E-state index contributed by atoms with van der Waals surface area (Å²) in [6.07, 6.45) is -3.67. The smallest absolute Gasteiger partial charge is 0.416 e. The van der Waals surface area contributed by atoms with Crippen LogP contribution in [-0.4, -0.2) is 12.3 Å². The molecule has 0 aliphatic heterocycles. The van der Waals surface area contributed by atoms with Crippen molar-refractivity contribution in [3.63, 3.8) is 0 Å². The monoisotopic (exact) mass is 408 g/mol. The minimum atomic E-state index is -4.40. The zero-order valence-electron chi connectivity index (χ0n) is 14.7. The first kappa shape index (κ1) is 19.9. The summed E-state index contributed by atoms with van der Waals surface area (Å²) in [5.74, 6) is -0.0179. The maximum absolute atomic E-state index is 12.7. The van der Waals surface area contributed by atoms with Crippen molar-refractivity contribution >= 4 is 33.7 Å². The Morgan fingerprint density at radius 2 is 1.82 bits per heavy atom. The molecule has 0 saturated heterocycles. The number of benzene rings is 2. The molecule has 28 heavy (non-hydrogen) atoms. The van der Waals surface area contributed by atoms with Gasteiger partial charge in [-0.15, -0.1) is 11.3 Å². The third-order valence-corrected chi connectivity index (χ3v) is 4.99. The Bertz CT molecular complexity index is 1010. The quantitative estimate of drug-likeness (QED) is 0.406. The molecule has 0 atom stereocenters. The highest BCUT2D eigenvalue weighted by atomic mass is 32.1. The number of esters is 1. The van der Waals surface area contributed by atoms with Gasteiger partial charge in [-0.3, -0.25) is 9.59 Å². The summed E-state index contributed by atoms with van der Waals surface area (Å²) in [5, 5.41) is 0.684. The van der Waals surface area contributed by atoms with E-state index in [9.17, 15) is 22.8 Å². The summed E-state index contributed by atoms with van der Waals surface area (Å²) >= 11 is 1.29. The van der Waals surface area contributed by atoms with Gasteiger partial charge < -0.3 is 9.47 Å². The third-order valence-electron chi connectivity index (χ3n) is 3.96. The molecule has 146 valence electrons.